The Hall–Kier alpha value is -2.60. The van der Waals surface area contributed by atoms with E-state index in [1.165, 1.54) is 23.9 Å². The highest BCUT2D eigenvalue weighted by Gasteiger charge is 2.08. The number of amidine groups is 1. The molecule has 0 unspecified atom stereocenters. The number of nitrogens with one attached hydrogen (secondary N) is 1. The number of thioether (sulfide) groups is 1. The van der Waals surface area contributed by atoms with E-state index in [0.717, 1.165) is 22.6 Å². The Morgan fingerprint density at radius 3 is 2.48 bits per heavy atom. The smallest absolute Gasteiger partial charge is 0.210 e. The van der Waals surface area contributed by atoms with Gasteiger partial charge in [-0.05, 0) is 42.0 Å². The van der Waals surface area contributed by atoms with Gasteiger partial charge in [0.1, 0.15) is 11.6 Å². The second-order valence-electron chi connectivity index (χ2n) is 4.69. The van der Waals surface area contributed by atoms with Crippen LogP contribution in [0.15, 0.2) is 64.0 Å². The fourth-order valence-electron chi connectivity index (χ4n) is 1.91. The third-order valence-electron chi connectivity index (χ3n) is 3.15. The van der Waals surface area contributed by atoms with Crippen LogP contribution in [0.5, 0.6) is 5.75 Å². The molecular weight excluding hydrogens is 313 g/mol. The number of nitrogens with zero attached hydrogens (tertiary/aromatic N) is 2. The van der Waals surface area contributed by atoms with Crippen molar-refractivity contribution in [2.24, 2.45) is 10.1 Å². The quantitative estimate of drug-likeness (QED) is 0.871. The van der Waals surface area contributed by atoms with E-state index in [-0.39, 0.29) is 5.82 Å². The first-order valence-electron chi connectivity index (χ1n) is 6.89. The highest BCUT2D eigenvalue weighted by molar-refractivity contribution is 8.16. The van der Waals surface area contributed by atoms with Crippen LogP contribution in [-0.4, -0.2) is 18.5 Å². The molecule has 23 heavy (non-hydrogen) atoms. The molecule has 3 rings (SSSR count). The van der Waals surface area contributed by atoms with E-state index in [1.54, 1.807) is 25.5 Å². The predicted octanol–water partition coefficient (Wildman–Crippen LogP) is 3.86. The van der Waals surface area contributed by atoms with Crippen molar-refractivity contribution in [1.29, 1.82) is 0 Å². The summed E-state index contributed by atoms with van der Waals surface area (Å²) in [6.07, 6.45) is 1.65. The zero-order chi connectivity index (χ0) is 16.1. The fourth-order valence-corrected chi connectivity index (χ4v) is 2.54. The summed E-state index contributed by atoms with van der Waals surface area (Å²) in [5.74, 6) is 0.547. The van der Waals surface area contributed by atoms with Gasteiger partial charge in [0.2, 0.25) is 5.17 Å². The van der Waals surface area contributed by atoms with Crippen LogP contribution in [0.4, 0.5) is 4.39 Å². The minimum atomic E-state index is -0.264. The normalized spacial score (nSPS) is 14.2. The lowest BCUT2D eigenvalue weighted by atomic mass is 10.2. The lowest BCUT2D eigenvalue weighted by Gasteiger charge is -2.12. The number of benzene rings is 2. The number of rotatable bonds is 3. The van der Waals surface area contributed by atoms with Gasteiger partial charge in [-0.15, -0.1) is 5.10 Å². The molecule has 2 aromatic carbocycles. The van der Waals surface area contributed by atoms with E-state index < -0.39 is 0 Å². The van der Waals surface area contributed by atoms with E-state index in [1.807, 2.05) is 29.7 Å². The molecule has 0 saturated heterocycles. The van der Waals surface area contributed by atoms with Crippen LogP contribution in [-0.2, 0) is 0 Å². The summed E-state index contributed by atoms with van der Waals surface area (Å²) in [7, 11) is 1.64. The minimum Gasteiger partial charge on any atom is -0.497 e. The molecule has 0 spiro atoms. The topological polar surface area (TPSA) is 46.0 Å². The molecule has 0 fully saturated rings. The van der Waals surface area contributed by atoms with Crippen LogP contribution in [0.1, 0.15) is 11.1 Å². The summed E-state index contributed by atoms with van der Waals surface area (Å²) in [5.41, 5.74) is 5.72. The molecule has 0 saturated carbocycles. The first-order chi connectivity index (χ1) is 11.2. The molecule has 0 radical (unpaired) electrons. The van der Waals surface area contributed by atoms with Gasteiger partial charge < -0.3 is 4.74 Å². The number of halogens is 1. The van der Waals surface area contributed by atoms with Crippen molar-refractivity contribution in [3.63, 3.8) is 0 Å². The maximum Gasteiger partial charge on any atom is 0.210 e. The van der Waals surface area contributed by atoms with Crippen molar-refractivity contribution in [3.05, 3.63) is 70.9 Å². The van der Waals surface area contributed by atoms with E-state index in [4.69, 9.17) is 4.74 Å². The molecule has 0 aliphatic carbocycles. The SMILES string of the molecule is COc1ccc(C2=CSC(/N=C/c3ccc(F)cc3)=NN2)cc1. The largest absolute Gasteiger partial charge is 0.497 e. The van der Waals surface area contributed by atoms with Crippen LogP contribution in [0, 0.1) is 5.82 Å². The monoisotopic (exact) mass is 327 g/mol. The van der Waals surface area contributed by atoms with Gasteiger partial charge in [0.25, 0.3) is 0 Å². The number of hydrogen-bond acceptors (Lipinski definition) is 5. The summed E-state index contributed by atoms with van der Waals surface area (Å²) in [4.78, 5) is 4.28. The van der Waals surface area contributed by atoms with Crippen LogP contribution in [0.25, 0.3) is 5.70 Å². The van der Waals surface area contributed by atoms with E-state index >= 15 is 0 Å². The van der Waals surface area contributed by atoms with E-state index in [9.17, 15) is 4.39 Å². The zero-order valence-electron chi connectivity index (χ0n) is 12.4. The Morgan fingerprint density at radius 1 is 1.13 bits per heavy atom. The summed E-state index contributed by atoms with van der Waals surface area (Å²) in [6, 6.07) is 13.8. The molecule has 1 N–H and O–H groups in total. The van der Waals surface area contributed by atoms with Crippen LogP contribution in [0.3, 0.4) is 0 Å². The average molecular weight is 327 g/mol. The van der Waals surface area contributed by atoms with Gasteiger partial charge in [-0.2, -0.15) is 0 Å². The Balaban J connectivity index is 1.63. The fraction of sp³-hybridized carbons (Fsp3) is 0.0588. The molecule has 1 aliphatic heterocycles. The molecule has 1 heterocycles. The van der Waals surface area contributed by atoms with Crippen LogP contribution in [0.2, 0.25) is 0 Å². The van der Waals surface area contributed by atoms with Gasteiger partial charge >= 0.3 is 0 Å². The summed E-state index contributed by atoms with van der Waals surface area (Å²) in [6.45, 7) is 0. The van der Waals surface area contributed by atoms with Crippen molar-refractivity contribution in [3.8, 4) is 5.75 Å². The number of aliphatic imine (C=N–C) groups is 1. The summed E-state index contributed by atoms with van der Waals surface area (Å²) >= 11 is 1.42. The first-order valence-corrected chi connectivity index (χ1v) is 7.77. The number of ether oxygens (including phenoxy) is 1. The standard InChI is InChI=1S/C17H14FN3OS/c1-22-15-8-4-13(5-9-15)16-11-23-17(21-20-16)19-10-12-2-6-14(18)7-3-12/h2-11,20H,1H3/b19-10+. The molecule has 0 bridgehead atoms. The first kappa shape index (κ1) is 15.3. The van der Waals surface area contributed by atoms with E-state index in [2.05, 4.69) is 15.5 Å². The number of hydrogen-bond donors (Lipinski definition) is 1. The van der Waals surface area contributed by atoms with Crippen molar-refractivity contribution < 1.29 is 9.13 Å². The molecule has 2 aromatic rings. The highest BCUT2D eigenvalue weighted by atomic mass is 32.2. The highest BCUT2D eigenvalue weighted by Crippen LogP contribution is 2.23. The molecule has 1 aliphatic rings. The van der Waals surface area contributed by atoms with Crippen LogP contribution < -0.4 is 10.2 Å². The Bertz CT molecular complexity index is 767. The van der Waals surface area contributed by atoms with Gasteiger partial charge in [-0.1, -0.05) is 23.9 Å². The third kappa shape index (κ3) is 3.98. The van der Waals surface area contributed by atoms with Crippen molar-refractivity contribution in [2.75, 3.05) is 7.11 Å². The van der Waals surface area contributed by atoms with Gasteiger partial charge in [0, 0.05) is 17.2 Å². The maximum absolute atomic E-state index is 12.8. The summed E-state index contributed by atoms with van der Waals surface area (Å²) < 4.78 is 18.0. The van der Waals surface area contributed by atoms with Crippen molar-refractivity contribution in [2.45, 2.75) is 0 Å². The second-order valence-corrected chi connectivity index (χ2v) is 5.53. The van der Waals surface area contributed by atoms with Gasteiger partial charge in [-0.25, -0.2) is 9.38 Å². The average Bonchev–Trinajstić information content (AvgIpc) is 2.62. The lowest BCUT2D eigenvalue weighted by molar-refractivity contribution is 0.415. The number of methoxy groups -OCH3 is 1. The minimum absolute atomic E-state index is 0.264. The molecule has 0 atom stereocenters. The molecule has 0 aromatic heterocycles. The molecule has 4 nitrogen and oxygen atoms in total. The molecule has 0 amide bonds. The molecule has 116 valence electrons. The van der Waals surface area contributed by atoms with E-state index in [0.29, 0.717) is 5.17 Å². The van der Waals surface area contributed by atoms with Crippen molar-refractivity contribution >= 4 is 28.8 Å². The maximum atomic E-state index is 12.8. The van der Waals surface area contributed by atoms with Gasteiger partial charge in [-0.3, -0.25) is 5.43 Å². The summed E-state index contributed by atoms with van der Waals surface area (Å²) in [5, 5.41) is 6.76. The van der Waals surface area contributed by atoms with Gasteiger partial charge in [0.05, 0.1) is 12.8 Å². The third-order valence-corrected chi connectivity index (χ3v) is 3.91. The van der Waals surface area contributed by atoms with Crippen LogP contribution >= 0.6 is 11.8 Å². The molecular formula is C17H14FN3OS. The van der Waals surface area contributed by atoms with Crippen molar-refractivity contribution in [1.82, 2.24) is 5.43 Å². The lowest BCUT2D eigenvalue weighted by Crippen LogP contribution is -2.10. The molecule has 6 heteroatoms. The zero-order valence-corrected chi connectivity index (χ0v) is 13.2. The predicted molar refractivity (Wildman–Crippen MR) is 93.1 cm³/mol. The Labute approximate surface area is 137 Å². The Kier molecular flexibility index (Phi) is 4.73. The Morgan fingerprint density at radius 2 is 1.87 bits per heavy atom. The van der Waals surface area contributed by atoms with Gasteiger partial charge in [0.15, 0.2) is 0 Å². The number of hydrazone groups is 1. The second kappa shape index (κ2) is 7.11.